The van der Waals surface area contributed by atoms with Crippen LogP contribution in [0.2, 0.25) is 0 Å². The van der Waals surface area contributed by atoms with E-state index >= 15 is 0 Å². The van der Waals surface area contributed by atoms with Crippen molar-refractivity contribution in [2.75, 3.05) is 39.4 Å². The maximum atomic E-state index is 13.1. The van der Waals surface area contributed by atoms with E-state index in [4.69, 9.17) is 4.74 Å². The molecule has 9 nitrogen and oxygen atoms in total. The summed E-state index contributed by atoms with van der Waals surface area (Å²) in [5.41, 5.74) is 4.02. The van der Waals surface area contributed by atoms with Gasteiger partial charge in [0.25, 0.3) is 5.56 Å². The molecule has 1 aromatic carbocycles. The van der Waals surface area contributed by atoms with Crippen LogP contribution in [-0.2, 0) is 17.8 Å². The second-order valence-electron chi connectivity index (χ2n) is 10.1. The molecule has 9 heteroatoms. The van der Waals surface area contributed by atoms with Crippen molar-refractivity contribution in [3.63, 3.8) is 0 Å². The molecule has 1 saturated carbocycles. The number of nitrogens with one attached hydrogen (secondary N) is 1. The topological polar surface area (TPSA) is 92.2 Å². The Morgan fingerprint density at radius 2 is 1.94 bits per heavy atom. The number of benzene rings is 1. The minimum absolute atomic E-state index is 0.0141. The van der Waals surface area contributed by atoms with Gasteiger partial charge < -0.3 is 9.72 Å². The van der Waals surface area contributed by atoms with Gasteiger partial charge in [0.1, 0.15) is 0 Å². The zero-order valence-corrected chi connectivity index (χ0v) is 21.0. The van der Waals surface area contributed by atoms with Gasteiger partial charge in [-0.05, 0) is 72.7 Å². The Hall–Kier alpha value is -2.62. The predicted molar refractivity (Wildman–Crippen MR) is 135 cm³/mol. The minimum Gasteiger partial charge on any atom is -0.379 e. The lowest BCUT2D eigenvalue weighted by Gasteiger charge is -2.28. The highest BCUT2D eigenvalue weighted by molar-refractivity contribution is 5.83. The van der Waals surface area contributed by atoms with Gasteiger partial charge in [-0.25, -0.2) is 4.68 Å². The Labute approximate surface area is 206 Å². The molecule has 1 saturated heterocycles. The standard InChI is InChI=1S/C26H37N7O2/c1-19-8-9-21-16-22(26(34)27-25(21)20(19)2)17-32(11-5-10-31-12-14-35-15-13-31)18-24-28-29-30-33(24)23-6-3-4-7-23/h8-9,16,23H,3-7,10-15,17-18H2,1-2H3,(H,27,34). The Morgan fingerprint density at radius 1 is 1.14 bits per heavy atom. The van der Waals surface area contributed by atoms with Gasteiger partial charge in [0.15, 0.2) is 5.82 Å². The van der Waals surface area contributed by atoms with E-state index in [1.165, 1.54) is 18.4 Å². The number of aromatic nitrogens is 5. The minimum atomic E-state index is -0.0141. The molecular weight excluding hydrogens is 442 g/mol. The van der Waals surface area contributed by atoms with E-state index < -0.39 is 0 Å². The zero-order valence-electron chi connectivity index (χ0n) is 21.0. The summed E-state index contributed by atoms with van der Waals surface area (Å²) in [5.74, 6) is 0.895. The lowest BCUT2D eigenvalue weighted by molar-refractivity contribution is 0.0358. The summed E-state index contributed by atoms with van der Waals surface area (Å²) in [6, 6.07) is 6.66. The molecule has 0 radical (unpaired) electrons. The number of nitrogens with zero attached hydrogens (tertiary/aromatic N) is 6. The third-order valence-corrected chi connectivity index (χ3v) is 7.67. The number of hydrogen-bond donors (Lipinski definition) is 1. The molecule has 0 spiro atoms. The number of aryl methyl sites for hydroxylation is 2. The van der Waals surface area contributed by atoms with Gasteiger partial charge in [-0.3, -0.25) is 14.6 Å². The maximum absolute atomic E-state index is 13.1. The van der Waals surface area contributed by atoms with Gasteiger partial charge in [-0.1, -0.05) is 25.0 Å². The van der Waals surface area contributed by atoms with Gasteiger partial charge >= 0.3 is 0 Å². The number of tetrazole rings is 1. The SMILES string of the molecule is Cc1ccc2cc(CN(CCCN3CCOCC3)Cc3nnnn3C3CCCC3)c(=O)[nH]c2c1C. The fraction of sp³-hybridized carbons (Fsp3) is 0.615. The fourth-order valence-electron chi connectivity index (χ4n) is 5.43. The number of morpholine rings is 1. The van der Waals surface area contributed by atoms with Gasteiger partial charge in [-0.2, -0.15) is 0 Å². The Bertz CT molecular complexity index is 1190. The number of rotatable bonds is 9. The highest BCUT2D eigenvalue weighted by atomic mass is 16.5. The van der Waals surface area contributed by atoms with Crippen LogP contribution in [0.5, 0.6) is 0 Å². The summed E-state index contributed by atoms with van der Waals surface area (Å²) < 4.78 is 7.51. The number of aromatic amines is 1. The van der Waals surface area contributed by atoms with Gasteiger partial charge in [0, 0.05) is 31.7 Å². The molecule has 2 aromatic heterocycles. The largest absolute Gasteiger partial charge is 0.379 e. The summed E-state index contributed by atoms with van der Waals surface area (Å²) in [6.45, 7) is 10.8. The van der Waals surface area contributed by atoms with Crippen LogP contribution in [-0.4, -0.2) is 74.4 Å². The number of fused-ring (bicyclic) bond motifs is 1. The Balaban J connectivity index is 1.35. The summed E-state index contributed by atoms with van der Waals surface area (Å²) in [7, 11) is 0. The molecule has 35 heavy (non-hydrogen) atoms. The molecule has 0 atom stereocenters. The van der Waals surface area contributed by atoms with Crippen molar-refractivity contribution in [3.05, 3.63) is 51.1 Å². The molecule has 1 aliphatic carbocycles. The molecule has 1 N–H and O–H groups in total. The van der Waals surface area contributed by atoms with Crippen LogP contribution in [0.3, 0.4) is 0 Å². The second kappa shape index (κ2) is 11.0. The summed E-state index contributed by atoms with van der Waals surface area (Å²) in [6.07, 6.45) is 5.77. The van der Waals surface area contributed by atoms with Crippen LogP contribution in [0.1, 0.15) is 60.7 Å². The van der Waals surface area contributed by atoms with E-state index in [2.05, 4.69) is 62.4 Å². The maximum Gasteiger partial charge on any atom is 0.252 e. The molecule has 188 valence electrons. The van der Waals surface area contributed by atoms with E-state index in [9.17, 15) is 4.79 Å². The summed E-state index contributed by atoms with van der Waals surface area (Å²) in [4.78, 5) is 21.0. The van der Waals surface area contributed by atoms with E-state index in [0.717, 1.165) is 86.5 Å². The molecule has 3 heterocycles. The second-order valence-corrected chi connectivity index (χ2v) is 10.1. The van der Waals surface area contributed by atoms with Crippen LogP contribution in [0, 0.1) is 13.8 Å². The van der Waals surface area contributed by atoms with Gasteiger partial charge in [0.2, 0.25) is 0 Å². The molecule has 3 aromatic rings. The van der Waals surface area contributed by atoms with Crippen molar-refractivity contribution in [3.8, 4) is 0 Å². The first-order valence-corrected chi connectivity index (χ1v) is 13.0. The zero-order chi connectivity index (χ0) is 24.2. The number of pyridine rings is 1. The van der Waals surface area contributed by atoms with Crippen LogP contribution in [0.4, 0.5) is 0 Å². The third kappa shape index (κ3) is 5.63. The number of ether oxygens (including phenoxy) is 1. The molecule has 0 unspecified atom stereocenters. The molecule has 1 aliphatic heterocycles. The highest BCUT2D eigenvalue weighted by Gasteiger charge is 2.23. The molecular formula is C26H37N7O2. The first kappa shape index (κ1) is 24.1. The smallest absolute Gasteiger partial charge is 0.252 e. The lowest BCUT2D eigenvalue weighted by atomic mass is 10.0. The van der Waals surface area contributed by atoms with Crippen molar-refractivity contribution in [1.29, 1.82) is 0 Å². The Kier molecular flexibility index (Phi) is 7.55. The normalized spacial score (nSPS) is 17.7. The average molecular weight is 480 g/mol. The first-order valence-electron chi connectivity index (χ1n) is 13.0. The molecule has 2 aliphatic rings. The predicted octanol–water partition coefficient (Wildman–Crippen LogP) is 2.97. The molecule has 5 rings (SSSR count). The van der Waals surface area contributed by atoms with Gasteiger partial charge in [0.05, 0.1) is 31.3 Å². The lowest BCUT2D eigenvalue weighted by Crippen LogP contribution is -2.38. The third-order valence-electron chi connectivity index (χ3n) is 7.67. The summed E-state index contributed by atoms with van der Waals surface area (Å²) >= 11 is 0. The molecule has 0 bridgehead atoms. The first-order chi connectivity index (χ1) is 17.1. The van der Waals surface area contributed by atoms with Crippen LogP contribution in [0.25, 0.3) is 10.9 Å². The number of H-pyrrole nitrogens is 1. The average Bonchev–Trinajstić information content (AvgIpc) is 3.55. The van der Waals surface area contributed by atoms with E-state index in [1.807, 2.05) is 4.68 Å². The van der Waals surface area contributed by atoms with Crippen molar-refractivity contribution in [1.82, 2.24) is 35.0 Å². The quantitative estimate of drug-likeness (QED) is 0.504. The van der Waals surface area contributed by atoms with Crippen LogP contribution >= 0.6 is 0 Å². The van der Waals surface area contributed by atoms with Crippen LogP contribution in [0.15, 0.2) is 23.0 Å². The summed E-state index contributed by atoms with van der Waals surface area (Å²) in [5, 5.41) is 13.8. The van der Waals surface area contributed by atoms with E-state index in [1.54, 1.807) is 0 Å². The van der Waals surface area contributed by atoms with E-state index in [-0.39, 0.29) is 5.56 Å². The van der Waals surface area contributed by atoms with Crippen molar-refractivity contribution in [2.45, 2.75) is 65.1 Å². The van der Waals surface area contributed by atoms with Gasteiger partial charge in [-0.15, -0.1) is 5.10 Å². The van der Waals surface area contributed by atoms with E-state index in [0.29, 0.717) is 19.1 Å². The van der Waals surface area contributed by atoms with Crippen molar-refractivity contribution in [2.24, 2.45) is 0 Å². The monoisotopic (exact) mass is 479 g/mol. The highest BCUT2D eigenvalue weighted by Crippen LogP contribution is 2.29. The fourth-order valence-corrected chi connectivity index (χ4v) is 5.43. The molecule has 0 amide bonds. The van der Waals surface area contributed by atoms with Crippen LogP contribution < -0.4 is 5.56 Å². The van der Waals surface area contributed by atoms with Crippen molar-refractivity contribution < 1.29 is 4.74 Å². The Morgan fingerprint density at radius 3 is 2.74 bits per heavy atom. The number of hydrogen-bond acceptors (Lipinski definition) is 7. The molecule has 2 fully saturated rings. The van der Waals surface area contributed by atoms with Crippen molar-refractivity contribution >= 4 is 10.9 Å².